The van der Waals surface area contributed by atoms with Crippen molar-refractivity contribution in [2.45, 2.75) is 37.3 Å². The van der Waals surface area contributed by atoms with Gasteiger partial charge in [0, 0.05) is 42.2 Å². The third-order valence-electron chi connectivity index (χ3n) is 7.78. The number of carbonyl (C=O) groups is 1. The molecule has 2 saturated carbocycles. The highest BCUT2D eigenvalue weighted by Gasteiger charge is 2.52. The van der Waals surface area contributed by atoms with Gasteiger partial charge < -0.3 is 20.3 Å². The van der Waals surface area contributed by atoms with Gasteiger partial charge in [-0.3, -0.25) is 4.79 Å². The topological polar surface area (TPSA) is 88.6 Å². The van der Waals surface area contributed by atoms with Crippen LogP contribution >= 0.6 is 0 Å². The van der Waals surface area contributed by atoms with Crippen molar-refractivity contribution in [3.8, 4) is 0 Å². The number of carboxylic acid groups (broad SMARTS) is 1. The smallest absolute Gasteiger partial charge is 0.341 e. The zero-order valence-electron chi connectivity index (χ0n) is 16.6. The molecule has 0 amide bonds. The first-order valence-corrected chi connectivity index (χ1v) is 10.7. The summed E-state index contributed by atoms with van der Waals surface area (Å²) in [4.78, 5) is 26.3. The molecule has 7 rings (SSSR count). The molecule has 4 unspecified atom stereocenters. The molecule has 4 aliphatic carbocycles. The van der Waals surface area contributed by atoms with E-state index in [9.17, 15) is 14.7 Å². The molecule has 6 nitrogen and oxygen atoms in total. The number of aromatic carboxylic acids is 1. The molecular weight excluding hydrogens is 385 g/mol. The van der Waals surface area contributed by atoms with E-state index in [-0.39, 0.29) is 22.5 Å². The lowest BCUT2D eigenvalue weighted by Crippen LogP contribution is -2.55. The molecule has 30 heavy (non-hydrogen) atoms. The third-order valence-corrected chi connectivity index (χ3v) is 7.78. The Morgan fingerprint density at radius 1 is 1.23 bits per heavy atom. The molecule has 2 aromatic rings. The summed E-state index contributed by atoms with van der Waals surface area (Å²) in [5, 5.41) is 9.55. The minimum Gasteiger partial charge on any atom is -0.477 e. The summed E-state index contributed by atoms with van der Waals surface area (Å²) in [6.45, 7) is 1.45. The van der Waals surface area contributed by atoms with Gasteiger partial charge in [0.2, 0.25) is 5.43 Å². The Labute approximate surface area is 172 Å². The van der Waals surface area contributed by atoms with Crippen LogP contribution in [0, 0.1) is 23.6 Å². The number of anilines is 1. The van der Waals surface area contributed by atoms with Gasteiger partial charge in [-0.1, -0.05) is 12.2 Å². The van der Waals surface area contributed by atoms with Gasteiger partial charge in [-0.2, -0.15) is 0 Å². The molecule has 7 heteroatoms. The Balaban J connectivity index is 1.47. The molecule has 5 aliphatic rings. The maximum absolute atomic E-state index is 15.2. The van der Waals surface area contributed by atoms with E-state index >= 15 is 4.39 Å². The normalized spacial score (nSPS) is 32.1. The summed E-state index contributed by atoms with van der Waals surface area (Å²) in [5.74, 6) is -0.535. The number of aromatic nitrogens is 1. The number of nitrogens with zero attached hydrogens (tertiary/aromatic N) is 2. The summed E-state index contributed by atoms with van der Waals surface area (Å²) < 4.78 is 17.1. The highest BCUT2D eigenvalue weighted by Crippen LogP contribution is 2.50. The number of allylic oxidation sites excluding steroid dienone is 1. The summed E-state index contributed by atoms with van der Waals surface area (Å²) in [6, 6.07) is 3.13. The van der Waals surface area contributed by atoms with E-state index in [0.29, 0.717) is 35.5 Å². The Bertz CT molecular complexity index is 1180. The van der Waals surface area contributed by atoms with Crippen molar-refractivity contribution in [3.63, 3.8) is 0 Å². The number of pyridine rings is 1. The van der Waals surface area contributed by atoms with E-state index in [2.05, 4.69) is 17.1 Å². The fraction of sp³-hybridized carbons (Fsp3) is 0.478. The molecule has 3 fully saturated rings. The van der Waals surface area contributed by atoms with Gasteiger partial charge in [0.1, 0.15) is 11.4 Å². The highest BCUT2D eigenvalue weighted by atomic mass is 19.1. The molecule has 2 bridgehead atoms. The van der Waals surface area contributed by atoms with Crippen molar-refractivity contribution >= 4 is 22.6 Å². The fourth-order valence-corrected chi connectivity index (χ4v) is 6.00. The van der Waals surface area contributed by atoms with Crippen molar-refractivity contribution in [1.29, 1.82) is 0 Å². The number of hydrogen-bond donors (Lipinski definition) is 2. The SMILES string of the molecule is NC12C=CC(CC1)C1CN(c3cc4c(cc3F)c(=O)c(C(=O)O)cn4C3CC3)CC12. The summed E-state index contributed by atoms with van der Waals surface area (Å²) in [5.41, 5.74) is 6.53. The van der Waals surface area contributed by atoms with E-state index in [1.54, 1.807) is 6.07 Å². The van der Waals surface area contributed by atoms with Gasteiger partial charge in [0.05, 0.1) is 11.2 Å². The molecule has 1 aromatic carbocycles. The number of hydrogen-bond acceptors (Lipinski definition) is 4. The molecule has 0 spiro atoms. The molecule has 3 N–H and O–H groups in total. The van der Waals surface area contributed by atoms with Crippen LogP contribution in [-0.2, 0) is 0 Å². The number of nitrogens with two attached hydrogens (primary N) is 1. The molecule has 4 atom stereocenters. The first-order chi connectivity index (χ1) is 14.4. The number of carboxylic acids is 1. The van der Waals surface area contributed by atoms with Gasteiger partial charge >= 0.3 is 5.97 Å². The second kappa shape index (κ2) is 5.94. The van der Waals surface area contributed by atoms with Crippen LogP contribution in [0.1, 0.15) is 42.1 Å². The summed E-state index contributed by atoms with van der Waals surface area (Å²) in [7, 11) is 0. The van der Waals surface area contributed by atoms with Gasteiger partial charge in [0.15, 0.2) is 0 Å². The fourth-order valence-electron chi connectivity index (χ4n) is 6.00. The molecule has 156 valence electrons. The second-order valence-electron chi connectivity index (χ2n) is 9.49. The van der Waals surface area contributed by atoms with Gasteiger partial charge in [-0.15, -0.1) is 0 Å². The zero-order valence-corrected chi connectivity index (χ0v) is 16.6. The molecule has 2 heterocycles. The molecule has 0 radical (unpaired) electrons. The Morgan fingerprint density at radius 3 is 2.67 bits per heavy atom. The predicted octanol–water partition coefficient (Wildman–Crippen LogP) is 2.90. The standard InChI is InChI=1S/C23H24FN3O3/c24-18-7-14-19(27(13-1-2-13)10-16(21(14)28)22(29)30)8-20(18)26-9-15-12-3-5-23(25,6-4-12)17(15)11-26/h3,5,7-8,10,12-13,15,17H,1-2,4,6,9,11,25H2,(H,29,30). The Morgan fingerprint density at radius 2 is 2.03 bits per heavy atom. The van der Waals surface area contributed by atoms with Gasteiger partial charge in [0.25, 0.3) is 0 Å². The zero-order chi connectivity index (χ0) is 20.8. The van der Waals surface area contributed by atoms with Crippen LogP contribution in [0.15, 0.2) is 35.3 Å². The van der Waals surface area contributed by atoms with Crippen molar-refractivity contribution < 1.29 is 14.3 Å². The number of halogens is 1. The maximum Gasteiger partial charge on any atom is 0.341 e. The van der Waals surface area contributed by atoms with E-state index in [0.717, 1.165) is 32.2 Å². The van der Waals surface area contributed by atoms with Crippen molar-refractivity contribution in [2.75, 3.05) is 18.0 Å². The minimum absolute atomic E-state index is 0.136. The predicted molar refractivity (Wildman–Crippen MR) is 111 cm³/mol. The van der Waals surface area contributed by atoms with Crippen LogP contribution in [0.5, 0.6) is 0 Å². The Hall–Kier alpha value is -2.67. The van der Waals surface area contributed by atoms with Gasteiger partial charge in [-0.25, -0.2) is 9.18 Å². The minimum atomic E-state index is -1.28. The maximum atomic E-state index is 15.2. The molecular formula is C23H24FN3O3. The van der Waals surface area contributed by atoms with E-state index in [1.807, 2.05) is 4.57 Å². The quantitative estimate of drug-likeness (QED) is 0.761. The van der Waals surface area contributed by atoms with Crippen molar-refractivity contribution in [2.24, 2.45) is 23.5 Å². The monoisotopic (exact) mass is 409 g/mol. The van der Waals surface area contributed by atoms with E-state index in [1.165, 1.54) is 12.3 Å². The highest BCUT2D eigenvalue weighted by molar-refractivity contribution is 5.93. The first-order valence-electron chi connectivity index (χ1n) is 10.7. The van der Waals surface area contributed by atoms with Crippen molar-refractivity contribution in [3.05, 3.63) is 52.1 Å². The molecule has 1 aliphatic heterocycles. The lowest BCUT2D eigenvalue weighted by molar-refractivity contribution is 0.0695. The van der Waals surface area contributed by atoms with Crippen LogP contribution in [0.2, 0.25) is 0 Å². The van der Waals surface area contributed by atoms with Crippen LogP contribution in [-0.4, -0.2) is 34.3 Å². The number of rotatable bonds is 3. The average Bonchev–Trinajstić information content (AvgIpc) is 3.45. The molecule has 1 aromatic heterocycles. The van der Waals surface area contributed by atoms with Gasteiger partial charge in [-0.05, 0) is 49.7 Å². The number of fused-ring (bicyclic) bond motifs is 2. The third kappa shape index (κ3) is 2.44. The first kappa shape index (κ1) is 18.1. The lowest BCUT2D eigenvalue weighted by atomic mass is 9.60. The average molecular weight is 409 g/mol. The summed E-state index contributed by atoms with van der Waals surface area (Å²) >= 11 is 0. The largest absolute Gasteiger partial charge is 0.477 e. The lowest BCUT2D eigenvalue weighted by Gasteiger charge is -2.47. The Kier molecular flexibility index (Phi) is 3.59. The molecule has 1 saturated heterocycles. The van der Waals surface area contributed by atoms with Crippen LogP contribution in [0.4, 0.5) is 10.1 Å². The van der Waals surface area contributed by atoms with Crippen LogP contribution in [0.3, 0.4) is 0 Å². The van der Waals surface area contributed by atoms with E-state index < -0.39 is 17.2 Å². The summed E-state index contributed by atoms with van der Waals surface area (Å²) in [6.07, 6.45) is 9.74. The van der Waals surface area contributed by atoms with Crippen molar-refractivity contribution in [1.82, 2.24) is 4.57 Å². The van der Waals surface area contributed by atoms with Crippen LogP contribution in [0.25, 0.3) is 10.9 Å². The van der Waals surface area contributed by atoms with E-state index in [4.69, 9.17) is 5.73 Å². The van der Waals surface area contributed by atoms with Crippen LogP contribution < -0.4 is 16.1 Å². The number of benzene rings is 1. The second-order valence-corrected chi connectivity index (χ2v) is 9.49.